The van der Waals surface area contributed by atoms with Gasteiger partial charge in [0.25, 0.3) is 0 Å². The molecule has 3 saturated heterocycles. The van der Waals surface area contributed by atoms with E-state index in [1.54, 1.807) is 4.90 Å². The number of nitrogens with one attached hydrogen (secondary N) is 1. The minimum Gasteiger partial charge on any atom is -0.397 e. The Morgan fingerprint density at radius 3 is 2.38 bits per heavy atom. The summed E-state index contributed by atoms with van der Waals surface area (Å²) in [5.74, 6) is -1.31. The molecule has 4 heterocycles. The summed E-state index contributed by atoms with van der Waals surface area (Å²) in [7, 11) is 0. The molecule has 0 spiro atoms. The van der Waals surface area contributed by atoms with Gasteiger partial charge in [0.15, 0.2) is 0 Å². The van der Waals surface area contributed by atoms with Crippen LogP contribution in [-0.2, 0) is 28.6 Å². The number of benzene rings is 2. The Morgan fingerprint density at radius 1 is 0.980 bits per heavy atom. The van der Waals surface area contributed by atoms with E-state index >= 15 is 0 Å². The van der Waals surface area contributed by atoms with Crippen molar-refractivity contribution in [2.75, 3.05) is 50.3 Å². The molecule has 6 rings (SSSR count). The van der Waals surface area contributed by atoms with Crippen LogP contribution in [0.25, 0.3) is 0 Å². The Hall–Kier alpha value is -3.51. The molecule has 4 aliphatic heterocycles. The van der Waals surface area contributed by atoms with Gasteiger partial charge in [-0.05, 0) is 101 Å². The zero-order chi connectivity index (χ0) is 35.6. The first kappa shape index (κ1) is 36.3. The standard InChI is InChI=1S/C37H48ClF3N6O3/c1-24-19-29(44-13-5-2-6-14-44)12-18-46(24)35(49)27(20-25-21-30(37(39,40)41)34(42)31(38)22-25)23-33(48)45-15-10-28(11-16-45)47-17-9-26-7-3-4-8-32(26)43-36(47)50/h3-4,7-8,21-22,24,27-29H,2,5-6,9-20,23,42H2,1H3,(H,43,50). The molecule has 13 heteroatoms. The maximum absolute atomic E-state index is 14.3. The predicted molar refractivity (Wildman–Crippen MR) is 188 cm³/mol. The number of alkyl halides is 3. The highest BCUT2D eigenvalue weighted by molar-refractivity contribution is 6.33. The lowest BCUT2D eigenvalue weighted by atomic mass is 9.89. The molecule has 0 bridgehead atoms. The van der Waals surface area contributed by atoms with Crippen LogP contribution < -0.4 is 11.1 Å². The molecule has 2 aromatic carbocycles. The van der Waals surface area contributed by atoms with Gasteiger partial charge >= 0.3 is 12.2 Å². The number of hydrogen-bond acceptors (Lipinski definition) is 5. The second-order valence-electron chi connectivity index (χ2n) is 14.4. The molecule has 3 atom stereocenters. The lowest BCUT2D eigenvalue weighted by Gasteiger charge is -2.44. The number of fused-ring (bicyclic) bond motifs is 1. The highest BCUT2D eigenvalue weighted by atomic mass is 35.5. The first-order chi connectivity index (χ1) is 23.9. The Kier molecular flexibility index (Phi) is 11.2. The van der Waals surface area contributed by atoms with Gasteiger partial charge in [-0.2, -0.15) is 13.2 Å². The van der Waals surface area contributed by atoms with Crippen molar-refractivity contribution in [1.82, 2.24) is 19.6 Å². The summed E-state index contributed by atoms with van der Waals surface area (Å²) >= 11 is 6.17. The Morgan fingerprint density at radius 2 is 1.68 bits per heavy atom. The zero-order valence-electron chi connectivity index (χ0n) is 28.7. The minimum atomic E-state index is -4.72. The van der Waals surface area contributed by atoms with Gasteiger partial charge in [0.1, 0.15) is 0 Å². The van der Waals surface area contributed by atoms with E-state index in [9.17, 15) is 27.6 Å². The molecule has 0 aliphatic carbocycles. The molecule has 0 radical (unpaired) electrons. The van der Waals surface area contributed by atoms with Gasteiger partial charge in [-0.3, -0.25) is 9.59 Å². The number of hydrogen-bond donors (Lipinski definition) is 2. The molecule has 9 nitrogen and oxygen atoms in total. The van der Waals surface area contributed by atoms with E-state index in [2.05, 4.69) is 10.2 Å². The fourth-order valence-electron chi connectivity index (χ4n) is 8.39. The molecular formula is C37H48ClF3N6O3. The van der Waals surface area contributed by atoms with E-state index in [1.165, 1.54) is 25.3 Å². The summed E-state index contributed by atoms with van der Waals surface area (Å²) in [6.45, 7) is 6.11. The maximum atomic E-state index is 14.3. The molecule has 3 unspecified atom stereocenters. The first-order valence-corrected chi connectivity index (χ1v) is 18.4. The predicted octanol–water partition coefficient (Wildman–Crippen LogP) is 6.44. The van der Waals surface area contributed by atoms with Crippen molar-refractivity contribution in [3.05, 3.63) is 58.1 Å². The Labute approximate surface area is 297 Å². The van der Waals surface area contributed by atoms with Crippen LogP contribution in [0.15, 0.2) is 36.4 Å². The lowest BCUT2D eigenvalue weighted by molar-refractivity contribution is -0.145. The number of nitrogens with two attached hydrogens (primary N) is 1. The molecule has 4 aliphatic rings. The monoisotopic (exact) mass is 716 g/mol. The summed E-state index contributed by atoms with van der Waals surface area (Å²) in [5, 5.41) is 2.79. The summed E-state index contributed by atoms with van der Waals surface area (Å²) in [5.41, 5.74) is 6.22. The quantitative estimate of drug-likeness (QED) is 0.322. The fraction of sp³-hybridized carbons (Fsp3) is 0.595. The van der Waals surface area contributed by atoms with Crippen LogP contribution >= 0.6 is 11.6 Å². The summed E-state index contributed by atoms with van der Waals surface area (Å²) in [6.07, 6.45) is 2.24. The first-order valence-electron chi connectivity index (χ1n) is 18.0. The Bertz CT molecular complexity index is 1560. The molecule has 2 aromatic rings. The average Bonchev–Trinajstić information content (AvgIpc) is 3.27. The number of carbonyl (C=O) groups excluding carboxylic acids is 3. The maximum Gasteiger partial charge on any atom is 0.418 e. The van der Waals surface area contributed by atoms with Crippen molar-refractivity contribution < 1.29 is 27.6 Å². The van der Waals surface area contributed by atoms with Crippen LogP contribution in [0.5, 0.6) is 0 Å². The van der Waals surface area contributed by atoms with Crippen molar-refractivity contribution in [2.24, 2.45) is 5.92 Å². The number of rotatable bonds is 7. The Balaban J connectivity index is 1.14. The van der Waals surface area contributed by atoms with Crippen molar-refractivity contribution in [2.45, 2.75) is 95.4 Å². The molecule has 0 aromatic heterocycles. The molecule has 50 heavy (non-hydrogen) atoms. The molecule has 3 fully saturated rings. The molecule has 272 valence electrons. The fourth-order valence-corrected chi connectivity index (χ4v) is 8.63. The molecule has 0 saturated carbocycles. The van der Waals surface area contributed by atoms with E-state index in [4.69, 9.17) is 17.3 Å². The lowest BCUT2D eigenvalue weighted by Crippen LogP contribution is -2.54. The smallest absolute Gasteiger partial charge is 0.397 e. The van der Waals surface area contributed by atoms with Crippen LogP contribution in [0.2, 0.25) is 5.02 Å². The van der Waals surface area contributed by atoms with Gasteiger partial charge in [-0.25, -0.2) is 4.79 Å². The number of carbonyl (C=O) groups is 3. The number of halogens is 4. The topological polar surface area (TPSA) is 102 Å². The van der Waals surface area contributed by atoms with Gasteiger partial charge < -0.3 is 30.7 Å². The third-order valence-corrected chi connectivity index (χ3v) is 11.5. The second kappa shape index (κ2) is 15.4. The van der Waals surface area contributed by atoms with E-state index in [1.807, 2.05) is 41.0 Å². The van der Waals surface area contributed by atoms with Gasteiger partial charge in [0.2, 0.25) is 11.8 Å². The van der Waals surface area contributed by atoms with Crippen LogP contribution in [0.3, 0.4) is 0 Å². The van der Waals surface area contributed by atoms with E-state index in [-0.39, 0.29) is 53.4 Å². The normalized spacial score (nSPS) is 23.2. The highest BCUT2D eigenvalue weighted by Gasteiger charge is 2.39. The zero-order valence-corrected chi connectivity index (χ0v) is 29.4. The van der Waals surface area contributed by atoms with Crippen molar-refractivity contribution in [3.8, 4) is 0 Å². The number of nitrogen functional groups attached to an aromatic ring is 1. The number of nitrogens with zero attached hydrogens (tertiary/aromatic N) is 4. The minimum absolute atomic E-state index is 0.0365. The number of piperidine rings is 3. The third-order valence-electron chi connectivity index (χ3n) is 11.2. The largest absolute Gasteiger partial charge is 0.418 e. The van der Waals surface area contributed by atoms with Gasteiger partial charge in [-0.1, -0.05) is 36.2 Å². The number of anilines is 2. The summed E-state index contributed by atoms with van der Waals surface area (Å²) in [6, 6.07) is 10.2. The van der Waals surface area contributed by atoms with Gasteiger partial charge in [0, 0.05) is 56.4 Å². The van der Waals surface area contributed by atoms with Gasteiger partial charge in [0.05, 0.1) is 22.2 Å². The highest BCUT2D eigenvalue weighted by Crippen LogP contribution is 2.39. The summed E-state index contributed by atoms with van der Waals surface area (Å²) in [4.78, 5) is 49.2. The number of para-hydroxylation sites is 1. The van der Waals surface area contributed by atoms with E-state index < -0.39 is 23.3 Å². The molecular weight excluding hydrogens is 669 g/mol. The average molecular weight is 717 g/mol. The second-order valence-corrected chi connectivity index (χ2v) is 14.8. The van der Waals surface area contributed by atoms with Crippen molar-refractivity contribution >= 4 is 40.8 Å². The van der Waals surface area contributed by atoms with Gasteiger partial charge in [-0.15, -0.1) is 0 Å². The third kappa shape index (κ3) is 8.17. The van der Waals surface area contributed by atoms with Crippen LogP contribution in [0.1, 0.15) is 75.0 Å². The van der Waals surface area contributed by atoms with Crippen molar-refractivity contribution in [1.29, 1.82) is 0 Å². The SMILES string of the molecule is CC1CC(N2CCCCC2)CCN1C(=O)C(CC(=O)N1CCC(N2CCc3ccccc3NC2=O)CC1)Cc1cc(Cl)c(N)c(C(F)(F)F)c1. The molecule has 3 N–H and O–H groups in total. The number of amides is 4. The van der Waals surface area contributed by atoms with E-state index in [0.717, 1.165) is 49.7 Å². The van der Waals surface area contributed by atoms with Crippen LogP contribution in [0.4, 0.5) is 29.3 Å². The van der Waals surface area contributed by atoms with E-state index in [0.29, 0.717) is 45.1 Å². The number of urea groups is 1. The molecule has 4 amide bonds. The van der Waals surface area contributed by atoms with Crippen LogP contribution in [0, 0.1) is 5.92 Å². The summed E-state index contributed by atoms with van der Waals surface area (Å²) < 4.78 is 41.6. The van der Waals surface area contributed by atoms with Crippen molar-refractivity contribution in [3.63, 3.8) is 0 Å². The number of likely N-dealkylation sites (tertiary alicyclic amines) is 3. The van der Waals surface area contributed by atoms with Crippen LogP contribution in [-0.4, -0.2) is 94.8 Å².